The lowest BCUT2D eigenvalue weighted by Crippen LogP contribution is -2.26. The monoisotopic (exact) mass is 395 g/mol. The second-order valence-corrected chi connectivity index (χ2v) is 7.93. The summed E-state index contributed by atoms with van der Waals surface area (Å²) in [5, 5.41) is 13.8. The molecule has 2 aromatic heterocycles. The Kier molecular flexibility index (Phi) is 5.90. The molecule has 7 heteroatoms. The first kappa shape index (κ1) is 18.9. The van der Waals surface area contributed by atoms with Crippen LogP contribution >= 0.6 is 11.8 Å². The van der Waals surface area contributed by atoms with Gasteiger partial charge in [0.2, 0.25) is 0 Å². The molecule has 1 aliphatic rings. The van der Waals surface area contributed by atoms with Crippen molar-refractivity contribution in [1.29, 1.82) is 0 Å². The maximum atomic E-state index is 12.4. The van der Waals surface area contributed by atoms with Gasteiger partial charge in [-0.25, -0.2) is 4.98 Å². The fourth-order valence-electron chi connectivity index (χ4n) is 3.88. The van der Waals surface area contributed by atoms with Crippen molar-refractivity contribution in [2.75, 3.05) is 12.8 Å². The van der Waals surface area contributed by atoms with E-state index in [4.69, 9.17) is 0 Å². The van der Waals surface area contributed by atoms with Gasteiger partial charge in [0.1, 0.15) is 11.5 Å². The number of pyridine rings is 1. The van der Waals surface area contributed by atoms with E-state index in [1.807, 2.05) is 30.3 Å². The van der Waals surface area contributed by atoms with Crippen molar-refractivity contribution >= 4 is 28.6 Å². The topological polar surface area (TPSA) is 72.7 Å². The Labute approximate surface area is 169 Å². The molecule has 1 aliphatic carbocycles. The van der Waals surface area contributed by atoms with Crippen LogP contribution in [0.2, 0.25) is 0 Å². The number of carbonyl (C=O) groups is 1. The summed E-state index contributed by atoms with van der Waals surface area (Å²) in [4.78, 5) is 16.9. The first-order chi connectivity index (χ1) is 13.8. The van der Waals surface area contributed by atoms with E-state index < -0.39 is 0 Å². The molecule has 1 fully saturated rings. The number of hydrogen-bond acceptors (Lipinski definition) is 5. The number of aryl methyl sites for hydroxylation is 1. The second kappa shape index (κ2) is 8.73. The zero-order valence-electron chi connectivity index (χ0n) is 16.1. The van der Waals surface area contributed by atoms with Crippen molar-refractivity contribution < 1.29 is 4.79 Å². The molecule has 0 unspecified atom stereocenters. The predicted molar refractivity (Wildman–Crippen MR) is 112 cm³/mol. The SMILES string of the molecule is CSc1nnc(CCCNC(=O)c2ccc3ccccc3n2)n1C1CCCC1. The summed E-state index contributed by atoms with van der Waals surface area (Å²) in [5.41, 5.74) is 1.29. The van der Waals surface area contributed by atoms with Gasteiger partial charge in [0.05, 0.1) is 5.52 Å². The molecule has 1 amide bonds. The van der Waals surface area contributed by atoms with Gasteiger partial charge < -0.3 is 9.88 Å². The fourth-order valence-corrected chi connectivity index (χ4v) is 4.45. The number of aromatic nitrogens is 4. The number of nitrogens with zero attached hydrogens (tertiary/aromatic N) is 4. The van der Waals surface area contributed by atoms with Crippen molar-refractivity contribution in [3.8, 4) is 0 Å². The summed E-state index contributed by atoms with van der Waals surface area (Å²) >= 11 is 1.66. The zero-order valence-corrected chi connectivity index (χ0v) is 16.9. The first-order valence-corrected chi connectivity index (χ1v) is 11.1. The van der Waals surface area contributed by atoms with Crippen LogP contribution < -0.4 is 5.32 Å². The number of hydrogen-bond donors (Lipinski definition) is 1. The highest BCUT2D eigenvalue weighted by Gasteiger charge is 2.23. The molecule has 0 saturated heterocycles. The van der Waals surface area contributed by atoms with E-state index in [-0.39, 0.29) is 5.91 Å². The van der Waals surface area contributed by atoms with E-state index in [2.05, 4.69) is 31.3 Å². The Hall–Kier alpha value is -2.41. The summed E-state index contributed by atoms with van der Waals surface area (Å²) in [7, 11) is 0. The van der Waals surface area contributed by atoms with Crippen LogP contribution in [0.25, 0.3) is 10.9 Å². The highest BCUT2D eigenvalue weighted by atomic mass is 32.2. The smallest absolute Gasteiger partial charge is 0.269 e. The van der Waals surface area contributed by atoms with Gasteiger partial charge in [0.25, 0.3) is 5.91 Å². The number of benzene rings is 1. The molecule has 0 aliphatic heterocycles. The second-order valence-electron chi connectivity index (χ2n) is 7.16. The van der Waals surface area contributed by atoms with Crippen LogP contribution in [0, 0.1) is 0 Å². The molecule has 0 atom stereocenters. The van der Waals surface area contributed by atoms with Crippen LogP contribution in [-0.2, 0) is 6.42 Å². The highest BCUT2D eigenvalue weighted by molar-refractivity contribution is 7.98. The van der Waals surface area contributed by atoms with Crippen LogP contribution in [0.5, 0.6) is 0 Å². The van der Waals surface area contributed by atoms with Crippen LogP contribution in [0.1, 0.15) is 54.5 Å². The molecule has 0 bridgehead atoms. The number of carbonyl (C=O) groups excluding carboxylic acids is 1. The molecule has 0 spiro atoms. The minimum atomic E-state index is -0.132. The third-order valence-electron chi connectivity index (χ3n) is 5.30. The van der Waals surface area contributed by atoms with Gasteiger partial charge in [-0.3, -0.25) is 4.79 Å². The summed E-state index contributed by atoms with van der Waals surface area (Å²) in [6.07, 6.45) is 8.69. The number of fused-ring (bicyclic) bond motifs is 1. The standard InChI is InChI=1S/C21H25N5OS/c1-28-21-25-24-19(26(21)16-8-3-4-9-16)11-6-14-22-20(27)18-13-12-15-7-2-5-10-17(15)23-18/h2,5,7,10,12-13,16H,3-4,6,8-9,11,14H2,1H3,(H,22,27). The van der Waals surface area contributed by atoms with Crippen molar-refractivity contribution in [3.63, 3.8) is 0 Å². The molecule has 4 rings (SSSR count). The van der Waals surface area contributed by atoms with Crippen LogP contribution in [0.15, 0.2) is 41.6 Å². The van der Waals surface area contributed by atoms with Gasteiger partial charge in [-0.2, -0.15) is 0 Å². The Morgan fingerprint density at radius 1 is 1.18 bits per heavy atom. The van der Waals surface area contributed by atoms with Gasteiger partial charge in [0, 0.05) is 24.4 Å². The summed E-state index contributed by atoms with van der Waals surface area (Å²) in [6, 6.07) is 12.1. The van der Waals surface area contributed by atoms with E-state index >= 15 is 0 Å². The molecule has 3 aromatic rings. The lowest BCUT2D eigenvalue weighted by atomic mass is 10.2. The predicted octanol–water partition coefficient (Wildman–Crippen LogP) is 4.03. The Balaban J connectivity index is 1.34. The van der Waals surface area contributed by atoms with Crippen LogP contribution in [0.3, 0.4) is 0 Å². The van der Waals surface area contributed by atoms with E-state index in [9.17, 15) is 4.79 Å². The first-order valence-electron chi connectivity index (χ1n) is 9.88. The van der Waals surface area contributed by atoms with Crippen molar-refractivity contribution in [3.05, 3.63) is 47.9 Å². The molecule has 0 radical (unpaired) electrons. The average Bonchev–Trinajstić information content (AvgIpc) is 3.39. The quantitative estimate of drug-likeness (QED) is 0.483. The lowest BCUT2D eigenvalue weighted by Gasteiger charge is -2.16. The molecule has 2 heterocycles. The Bertz CT molecular complexity index is 964. The summed E-state index contributed by atoms with van der Waals surface area (Å²) < 4.78 is 2.32. The van der Waals surface area contributed by atoms with E-state index in [0.29, 0.717) is 18.3 Å². The van der Waals surface area contributed by atoms with Gasteiger partial charge >= 0.3 is 0 Å². The maximum Gasteiger partial charge on any atom is 0.269 e. The van der Waals surface area contributed by atoms with E-state index in [1.54, 1.807) is 17.8 Å². The number of amides is 1. The van der Waals surface area contributed by atoms with Gasteiger partial charge in [-0.15, -0.1) is 10.2 Å². The fraction of sp³-hybridized carbons (Fsp3) is 0.429. The number of nitrogens with one attached hydrogen (secondary N) is 1. The Morgan fingerprint density at radius 2 is 2.00 bits per heavy atom. The normalized spacial score (nSPS) is 14.6. The largest absolute Gasteiger partial charge is 0.351 e. The molecule has 1 N–H and O–H groups in total. The minimum absolute atomic E-state index is 0.132. The molecule has 1 aromatic carbocycles. The molecule has 28 heavy (non-hydrogen) atoms. The lowest BCUT2D eigenvalue weighted by molar-refractivity contribution is 0.0948. The van der Waals surface area contributed by atoms with Gasteiger partial charge in [-0.05, 0) is 37.7 Å². The summed E-state index contributed by atoms with van der Waals surface area (Å²) in [6.45, 7) is 0.597. The molecule has 146 valence electrons. The molecular formula is C21H25N5OS. The molecule has 1 saturated carbocycles. The molecule has 6 nitrogen and oxygen atoms in total. The van der Waals surface area contributed by atoms with Crippen LogP contribution in [-0.4, -0.2) is 38.5 Å². The third-order valence-corrected chi connectivity index (χ3v) is 5.94. The average molecular weight is 396 g/mol. The van der Waals surface area contributed by atoms with Crippen molar-refractivity contribution in [2.24, 2.45) is 0 Å². The van der Waals surface area contributed by atoms with E-state index in [0.717, 1.165) is 34.7 Å². The highest BCUT2D eigenvalue weighted by Crippen LogP contribution is 2.33. The van der Waals surface area contributed by atoms with Gasteiger partial charge in [0.15, 0.2) is 5.16 Å². The number of thioether (sulfide) groups is 1. The van der Waals surface area contributed by atoms with Gasteiger partial charge in [-0.1, -0.05) is 48.9 Å². The zero-order chi connectivity index (χ0) is 19.3. The molecular weight excluding hydrogens is 370 g/mol. The van der Waals surface area contributed by atoms with Crippen molar-refractivity contribution in [2.45, 2.75) is 49.7 Å². The number of para-hydroxylation sites is 1. The number of rotatable bonds is 7. The Morgan fingerprint density at radius 3 is 2.82 bits per heavy atom. The van der Waals surface area contributed by atoms with Crippen LogP contribution in [0.4, 0.5) is 0 Å². The van der Waals surface area contributed by atoms with E-state index in [1.165, 1.54) is 25.7 Å². The summed E-state index contributed by atoms with van der Waals surface area (Å²) in [5.74, 6) is 0.905. The third kappa shape index (κ3) is 4.04. The maximum absolute atomic E-state index is 12.4. The van der Waals surface area contributed by atoms with Crippen molar-refractivity contribution in [1.82, 2.24) is 25.1 Å². The minimum Gasteiger partial charge on any atom is -0.351 e.